The zero-order valence-electron chi connectivity index (χ0n) is 6.59. The van der Waals surface area contributed by atoms with Crippen LogP contribution in [0.4, 0.5) is 0 Å². The minimum atomic E-state index is -0.00752. The van der Waals surface area contributed by atoms with Crippen LogP contribution in [0.15, 0.2) is 33.9 Å². The van der Waals surface area contributed by atoms with E-state index in [1.54, 1.807) is 12.3 Å². The van der Waals surface area contributed by atoms with E-state index in [1.165, 1.54) is 0 Å². The number of halogens is 1. The molecule has 0 aliphatic rings. The smallest absolute Gasteiger partial charge is 0.136 e. The van der Waals surface area contributed by atoms with Crippen LogP contribution in [0.25, 0.3) is 0 Å². The van der Waals surface area contributed by atoms with Crippen molar-refractivity contribution in [2.75, 3.05) is 0 Å². The van der Waals surface area contributed by atoms with Gasteiger partial charge < -0.3 is 4.42 Å². The number of nitrogens with two attached hydrogens (primary N) is 1. The molecule has 1 heterocycles. The monoisotopic (exact) mass is 230 g/mol. The van der Waals surface area contributed by atoms with Gasteiger partial charge in [-0.05, 0) is 28.4 Å². The number of nitrogens with one attached hydrogen (secondary N) is 1. The van der Waals surface area contributed by atoms with E-state index in [1.807, 2.05) is 6.07 Å². The van der Waals surface area contributed by atoms with Gasteiger partial charge in [-0.15, -0.1) is 6.58 Å². The summed E-state index contributed by atoms with van der Waals surface area (Å²) in [5.74, 6) is 6.14. The molecule has 66 valence electrons. The molecular weight excluding hydrogens is 220 g/mol. The summed E-state index contributed by atoms with van der Waals surface area (Å²) < 4.78 is 6.16. The maximum atomic E-state index is 5.34. The quantitative estimate of drug-likeness (QED) is 0.474. The zero-order chi connectivity index (χ0) is 8.97. The van der Waals surface area contributed by atoms with Crippen molar-refractivity contribution in [2.24, 2.45) is 5.84 Å². The van der Waals surface area contributed by atoms with Crippen molar-refractivity contribution in [3.05, 3.63) is 35.2 Å². The molecule has 0 aliphatic heterocycles. The van der Waals surface area contributed by atoms with Crippen molar-refractivity contribution in [1.82, 2.24) is 5.43 Å². The van der Waals surface area contributed by atoms with E-state index in [0.29, 0.717) is 0 Å². The average Bonchev–Trinajstić information content (AvgIpc) is 2.47. The van der Waals surface area contributed by atoms with Gasteiger partial charge in [0.25, 0.3) is 0 Å². The molecule has 4 heteroatoms. The maximum Gasteiger partial charge on any atom is 0.136 e. The molecule has 1 unspecified atom stereocenters. The summed E-state index contributed by atoms with van der Waals surface area (Å²) in [6, 6.07) is 1.83. The number of furan rings is 1. The Bertz CT molecular complexity index is 259. The summed E-state index contributed by atoms with van der Waals surface area (Å²) in [4.78, 5) is 0. The largest absolute Gasteiger partial charge is 0.466 e. The normalized spacial score (nSPS) is 12.8. The van der Waals surface area contributed by atoms with Crippen molar-refractivity contribution in [2.45, 2.75) is 12.5 Å². The van der Waals surface area contributed by atoms with E-state index >= 15 is 0 Å². The van der Waals surface area contributed by atoms with Crippen LogP contribution in [0, 0.1) is 0 Å². The Kier molecular flexibility index (Phi) is 3.52. The van der Waals surface area contributed by atoms with E-state index in [0.717, 1.165) is 16.7 Å². The van der Waals surface area contributed by atoms with Crippen LogP contribution in [-0.4, -0.2) is 0 Å². The van der Waals surface area contributed by atoms with Gasteiger partial charge in [-0.25, -0.2) is 5.43 Å². The fourth-order valence-corrected chi connectivity index (χ4v) is 1.45. The van der Waals surface area contributed by atoms with Crippen LogP contribution in [0.3, 0.4) is 0 Å². The summed E-state index contributed by atoms with van der Waals surface area (Å²) >= 11 is 3.35. The SMILES string of the molecule is C=CCC(NN)c1occc1Br. The number of hydrogen-bond donors (Lipinski definition) is 2. The summed E-state index contributed by atoms with van der Waals surface area (Å²) in [5.41, 5.74) is 2.65. The summed E-state index contributed by atoms with van der Waals surface area (Å²) in [6.45, 7) is 3.64. The van der Waals surface area contributed by atoms with E-state index in [4.69, 9.17) is 10.3 Å². The van der Waals surface area contributed by atoms with Gasteiger partial charge in [0.1, 0.15) is 5.76 Å². The molecule has 0 spiro atoms. The van der Waals surface area contributed by atoms with Crippen molar-refractivity contribution >= 4 is 15.9 Å². The second-order valence-electron chi connectivity index (χ2n) is 2.38. The van der Waals surface area contributed by atoms with Gasteiger partial charge in [-0.3, -0.25) is 5.84 Å². The third-order valence-electron chi connectivity index (χ3n) is 1.56. The van der Waals surface area contributed by atoms with Crippen LogP contribution in [0.1, 0.15) is 18.2 Å². The summed E-state index contributed by atoms with van der Waals surface area (Å²) in [5, 5.41) is 0. The molecule has 1 aromatic heterocycles. The molecular formula is C8H11BrN2O. The van der Waals surface area contributed by atoms with E-state index < -0.39 is 0 Å². The van der Waals surface area contributed by atoms with Gasteiger partial charge in [-0.2, -0.15) is 0 Å². The molecule has 0 saturated carbocycles. The predicted molar refractivity (Wildman–Crippen MR) is 51.3 cm³/mol. The van der Waals surface area contributed by atoms with Gasteiger partial charge in [0.05, 0.1) is 16.8 Å². The Hall–Kier alpha value is -0.580. The highest BCUT2D eigenvalue weighted by molar-refractivity contribution is 9.10. The maximum absolute atomic E-state index is 5.34. The van der Waals surface area contributed by atoms with Crippen molar-refractivity contribution < 1.29 is 4.42 Å². The first-order valence-electron chi connectivity index (χ1n) is 3.59. The molecule has 0 radical (unpaired) electrons. The minimum Gasteiger partial charge on any atom is -0.466 e. The van der Waals surface area contributed by atoms with Gasteiger partial charge in [0.15, 0.2) is 0 Å². The Morgan fingerprint density at radius 1 is 1.83 bits per heavy atom. The molecule has 1 rings (SSSR count). The average molecular weight is 231 g/mol. The molecule has 0 aromatic carbocycles. The predicted octanol–water partition coefficient (Wildman–Crippen LogP) is 2.12. The molecule has 0 saturated heterocycles. The second-order valence-corrected chi connectivity index (χ2v) is 3.23. The summed E-state index contributed by atoms with van der Waals surface area (Å²) in [6.07, 6.45) is 4.15. The van der Waals surface area contributed by atoms with Crippen LogP contribution >= 0.6 is 15.9 Å². The Morgan fingerprint density at radius 3 is 3.00 bits per heavy atom. The molecule has 3 nitrogen and oxygen atoms in total. The molecule has 0 bridgehead atoms. The van der Waals surface area contributed by atoms with Gasteiger partial charge in [0.2, 0.25) is 0 Å². The molecule has 0 fully saturated rings. The number of rotatable bonds is 4. The van der Waals surface area contributed by atoms with E-state index in [-0.39, 0.29) is 6.04 Å². The summed E-state index contributed by atoms with van der Waals surface area (Å²) in [7, 11) is 0. The lowest BCUT2D eigenvalue weighted by atomic mass is 10.2. The van der Waals surface area contributed by atoms with Gasteiger partial charge >= 0.3 is 0 Å². The molecule has 3 N–H and O–H groups in total. The first-order valence-corrected chi connectivity index (χ1v) is 4.38. The lowest BCUT2D eigenvalue weighted by Gasteiger charge is -2.10. The van der Waals surface area contributed by atoms with Crippen molar-refractivity contribution in [3.63, 3.8) is 0 Å². The van der Waals surface area contributed by atoms with Crippen LogP contribution < -0.4 is 11.3 Å². The Labute approximate surface area is 79.7 Å². The molecule has 12 heavy (non-hydrogen) atoms. The van der Waals surface area contributed by atoms with Crippen molar-refractivity contribution in [3.8, 4) is 0 Å². The van der Waals surface area contributed by atoms with Crippen LogP contribution in [-0.2, 0) is 0 Å². The second kappa shape index (κ2) is 4.45. The fourth-order valence-electron chi connectivity index (χ4n) is 0.972. The highest BCUT2D eigenvalue weighted by atomic mass is 79.9. The lowest BCUT2D eigenvalue weighted by molar-refractivity contribution is 0.417. The first-order chi connectivity index (χ1) is 5.79. The van der Waals surface area contributed by atoms with Crippen molar-refractivity contribution in [1.29, 1.82) is 0 Å². The minimum absolute atomic E-state index is 0.00752. The van der Waals surface area contributed by atoms with E-state index in [9.17, 15) is 0 Å². The first kappa shape index (κ1) is 9.51. The topological polar surface area (TPSA) is 51.2 Å². The third-order valence-corrected chi connectivity index (χ3v) is 2.22. The Balaban J connectivity index is 2.78. The molecule has 0 aliphatic carbocycles. The fraction of sp³-hybridized carbons (Fsp3) is 0.250. The van der Waals surface area contributed by atoms with Gasteiger partial charge in [-0.1, -0.05) is 6.08 Å². The number of hydrazine groups is 1. The standard InChI is InChI=1S/C8H11BrN2O/c1-2-3-7(11-10)8-6(9)4-5-12-8/h2,4-5,7,11H,1,3,10H2. The Morgan fingerprint density at radius 2 is 2.58 bits per heavy atom. The molecule has 1 atom stereocenters. The highest BCUT2D eigenvalue weighted by Gasteiger charge is 2.14. The lowest BCUT2D eigenvalue weighted by Crippen LogP contribution is -2.27. The zero-order valence-corrected chi connectivity index (χ0v) is 8.17. The van der Waals surface area contributed by atoms with E-state index in [2.05, 4.69) is 27.9 Å². The molecule has 0 amide bonds. The highest BCUT2D eigenvalue weighted by Crippen LogP contribution is 2.26. The van der Waals surface area contributed by atoms with Crippen LogP contribution in [0.5, 0.6) is 0 Å². The third kappa shape index (κ3) is 1.97. The van der Waals surface area contributed by atoms with Crippen LogP contribution in [0.2, 0.25) is 0 Å². The molecule has 1 aromatic rings. The van der Waals surface area contributed by atoms with Gasteiger partial charge in [0, 0.05) is 0 Å². The number of hydrogen-bond acceptors (Lipinski definition) is 3.